The molecule has 0 spiro atoms. The first-order chi connectivity index (χ1) is 17.5. The Bertz CT molecular complexity index is 1270. The Morgan fingerprint density at radius 1 is 0.972 bits per heavy atom. The van der Waals surface area contributed by atoms with Crippen LogP contribution in [0.25, 0.3) is 11.0 Å². The average Bonchev–Trinajstić information content (AvgIpc) is 3.30. The number of imidazole rings is 1. The number of fused-ring (bicyclic) bond motifs is 1. The molecule has 1 atom stereocenters. The number of aromatic nitrogens is 2. The van der Waals surface area contributed by atoms with Gasteiger partial charge in [-0.3, -0.25) is 4.79 Å². The van der Waals surface area contributed by atoms with Gasteiger partial charge < -0.3 is 20.4 Å². The quantitative estimate of drug-likeness (QED) is 0.227. The van der Waals surface area contributed by atoms with Gasteiger partial charge in [0.1, 0.15) is 12.6 Å². The number of aromatic amines is 1. The van der Waals surface area contributed by atoms with Gasteiger partial charge in [0.2, 0.25) is 5.91 Å². The molecule has 0 saturated carbocycles. The number of rotatable bonds is 10. The summed E-state index contributed by atoms with van der Waals surface area (Å²) in [5, 5.41) is 6.56. The Labute approximate surface area is 215 Å². The van der Waals surface area contributed by atoms with Crippen molar-refractivity contribution < 1.29 is 14.3 Å². The lowest BCUT2D eigenvalue weighted by molar-refractivity contribution is -0.118. The van der Waals surface area contributed by atoms with Crippen molar-refractivity contribution >= 4 is 40.5 Å². The summed E-state index contributed by atoms with van der Waals surface area (Å²) in [6.45, 7) is 4.16. The highest BCUT2D eigenvalue weighted by Gasteiger charge is 2.23. The molecule has 4 aromatic rings. The molecule has 8 heteroatoms. The van der Waals surface area contributed by atoms with Crippen LogP contribution < -0.4 is 10.6 Å². The zero-order chi connectivity index (χ0) is 25.3. The molecule has 0 aliphatic rings. The van der Waals surface area contributed by atoms with Crippen LogP contribution in [0.5, 0.6) is 0 Å². The summed E-state index contributed by atoms with van der Waals surface area (Å²) in [4.78, 5) is 33.6. The highest BCUT2D eigenvalue weighted by atomic mass is 32.2. The molecule has 3 N–H and O–H groups in total. The van der Waals surface area contributed by atoms with Crippen LogP contribution in [0.2, 0.25) is 0 Å². The van der Waals surface area contributed by atoms with Crippen molar-refractivity contribution in [2.45, 2.75) is 43.8 Å². The first-order valence-corrected chi connectivity index (χ1v) is 12.9. The molecule has 3 aromatic carbocycles. The number of anilines is 1. The summed E-state index contributed by atoms with van der Waals surface area (Å²) in [6, 6.07) is 24.3. The standard InChI is InChI=1S/C28H30N4O3S/c1-19(2)16-25(32-28(34)35-17-20-10-4-3-5-11-20)26(33)29-22-13-7-6-12-21(22)18-36-27-30-23-14-8-9-15-24(23)31-27/h3-15,19,25H,16-18H2,1-2H3,(H,29,33)(H,30,31)(H,32,34)/t25-/m0/s1. The molecule has 36 heavy (non-hydrogen) atoms. The predicted molar refractivity (Wildman–Crippen MR) is 144 cm³/mol. The Morgan fingerprint density at radius 2 is 1.69 bits per heavy atom. The van der Waals surface area contributed by atoms with Gasteiger partial charge in [0.15, 0.2) is 5.16 Å². The number of carbonyl (C=O) groups excluding carboxylic acids is 2. The Morgan fingerprint density at radius 3 is 2.47 bits per heavy atom. The molecule has 0 fully saturated rings. The minimum absolute atomic E-state index is 0.143. The fourth-order valence-corrected chi connectivity index (χ4v) is 4.63. The first-order valence-electron chi connectivity index (χ1n) is 11.9. The molecule has 7 nitrogen and oxygen atoms in total. The summed E-state index contributed by atoms with van der Waals surface area (Å²) in [5.74, 6) is 0.549. The van der Waals surface area contributed by atoms with Gasteiger partial charge in [-0.25, -0.2) is 9.78 Å². The molecule has 0 saturated heterocycles. The normalized spacial score (nSPS) is 11.9. The number of alkyl carbamates (subject to hydrolysis) is 1. The van der Waals surface area contributed by atoms with E-state index in [1.807, 2.05) is 92.7 Å². The maximum absolute atomic E-state index is 13.2. The maximum Gasteiger partial charge on any atom is 0.408 e. The third-order valence-electron chi connectivity index (χ3n) is 5.54. The summed E-state index contributed by atoms with van der Waals surface area (Å²) < 4.78 is 5.33. The van der Waals surface area contributed by atoms with Crippen LogP contribution >= 0.6 is 11.8 Å². The van der Waals surface area contributed by atoms with E-state index in [4.69, 9.17) is 4.74 Å². The minimum Gasteiger partial charge on any atom is -0.445 e. The number of hydrogen-bond donors (Lipinski definition) is 3. The Kier molecular flexibility index (Phi) is 8.62. The predicted octanol–water partition coefficient (Wildman–Crippen LogP) is 6.13. The zero-order valence-corrected chi connectivity index (χ0v) is 21.2. The number of nitrogens with one attached hydrogen (secondary N) is 3. The van der Waals surface area contributed by atoms with E-state index in [1.54, 1.807) is 11.8 Å². The van der Waals surface area contributed by atoms with E-state index in [0.717, 1.165) is 27.3 Å². The van der Waals surface area contributed by atoms with Crippen molar-refractivity contribution in [2.24, 2.45) is 5.92 Å². The third kappa shape index (κ3) is 7.11. The summed E-state index contributed by atoms with van der Waals surface area (Å²) in [6.07, 6.45) is -0.129. The van der Waals surface area contributed by atoms with Crippen molar-refractivity contribution in [2.75, 3.05) is 5.32 Å². The smallest absolute Gasteiger partial charge is 0.408 e. The SMILES string of the molecule is CC(C)C[C@H](NC(=O)OCc1ccccc1)C(=O)Nc1ccccc1CSc1nc2ccccc2[nH]1. The van der Waals surface area contributed by atoms with E-state index in [1.165, 1.54) is 0 Å². The fraction of sp³-hybridized carbons (Fsp3) is 0.250. The lowest BCUT2D eigenvalue weighted by Gasteiger charge is -2.21. The number of hydrogen-bond acceptors (Lipinski definition) is 5. The number of ether oxygens (including phenoxy) is 1. The zero-order valence-electron chi connectivity index (χ0n) is 20.4. The number of amides is 2. The Hall–Kier alpha value is -3.78. The summed E-state index contributed by atoms with van der Waals surface area (Å²) in [7, 11) is 0. The largest absolute Gasteiger partial charge is 0.445 e. The van der Waals surface area contributed by atoms with Crippen molar-refractivity contribution in [1.29, 1.82) is 0 Å². The molecular weight excluding hydrogens is 472 g/mol. The van der Waals surface area contributed by atoms with E-state index in [9.17, 15) is 9.59 Å². The van der Waals surface area contributed by atoms with Gasteiger partial charge >= 0.3 is 6.09 Å². The van der Waals surface area contributed by atoms with Crippen LogP contribution in [0.15, 0.2) is 84.0 Å². The Balaban J connectivity index is 1.38. The molecule has 0 unspecified atom stereocenters. The van der Waals surface area contributed by atoms with Crippen LogP contribution in [0.3, 0.4) is 0 Å². The van der Waals surface area contributed by atoms with Crippen LogP contribution in [-0.2, 0) is 21.9 Å². The fourth-order valence-electron chi connectivity index (χ4n) is 3.74. The van der Waals surface area contributed by atoms with Crippen LogP contribution in [0.4, 0.5) is 10.5 Å². The van der Waals surface area contributed by atoms with Gasteiger partial charge in [-0.15, -0.1) is 0 Å². The molecule has 1 aromatic heterocycles. The summed E-state index contributed by atoms with van der Waals surface area (Å²) >= 11 is 1.57. The van der Waals surface area contributed by atoms with Gasteiger partial charge in [0.05, 0.1) is 11.0 Å². The van der Waals surface area contributed by atoms with Crippen LogP contribution in [-0.4, -0.2) is 28.0 Å². The molecular formula is C28H30N4O3S. The lowest BCUT2D eigenvalue weighted by Crippen LogP contribution is -2.44. The lowest BCUT2D eigenvalue weighted by atomic mass is 10.0. The molecule has 186 valence electrons. The average molecular weight is 503 g/mol. The molecule has 0 aliphatic heterocycles. The van der Waals surface area contributed by atoms with E-state index >= 15 is 0 Å². The number of para-hydroxylation sites is 3. The third-order valence-corrected chi connectivity index (χ3v) is 6.46. The topological polar surface area (TPSA) is 96.1 Å². The number of nitrogens with zero attached hydrogens (tertiary/aromatic N) is 1. The van der Waals surface area contributed by atoms with E-state index in [2.05, 4.69) is 20.6 Å². The van der Waals surface area contributed by atoms with Crippen molar-refractivity contribution in [3.8, 4) is 0 Å². The second-order valence-electron chi connectivity index (χ2n) is 8.88. The highest BCUT2D eigenvalue weighted by Crippen LogP contribution is 2.27. The number of benzene rings is 3. The first kappa shape index (κ1) is 25.3. The monoisotopic (exact) mass is 502 g/mol. The van der Waals surface area contributed by atoms with Gasteiger partial charge in [-0.2, -0.15) is 0 Å². The summed E-state index contributed by atoms with van der Waals surface area (Å²) in [5.41, 5.74) is 4.46. The molecule has 4 rings (SSSR count). The van der Waals surface area contributed by atoms with Crippen LogP contribution in [0, 0.1) is 5.92 Å². The van der Waals surface area contributed by atoms with E-state index in [0.29, 0.717) is 17.9 Å². The van der Waals surface area contributed by atoms with E-state index in [-0.39, 0.29) is 18.4 Å². The van der Waals surface area contributed by atoms with E-state index < -0.39 is 12.1 Å². The van der Waals surface area contributed by atoms with Gasteiger partial charge in [0, 0.05) is 11.4 Å². The molecule has 0 aliphatic carbocycles. The molecule has 2 amide bonds. The molecule has 1 heterocycles. The minimum atomic E-state index is -0.718. The van der Waals surface area contributed by atoms with Gasteiger partial charge in [-0.05, 0) is 41.7 Å². The van der Waals surface area contributed by atoms with Crippen LogP contribution in [0.1, 0.15) is 31.4 Å². The number of thioether (sulfide) groups is 1. The van der Waals surface area contributed by atoms with Crippen molar-refractivity contribution in [1.82, 2.24) is 15.3 Å². The van der Waals surface area contributed by atoms with Gasteiger partial charge in [-0.1, -0.05) is 86.3 Å². The van der Waals surface area contributed by atoms with Crippen molar-refractivity contribution in [3.63, 3.8) is 0 Å². The molecule has 0 bridgehead atoms. The second kappa shape index (κ2) is 12.3. The number of carbonyl (C=O) groups is 2. The maximum atomic E-state index is 13.2. The number of H-pyrrole nitrogens is 1. The van der Waals surface area contributed by atoms with Crippen molar-refractivity contribution in [3.05, 3.63) is 90.0 Å². The highest BCUT2D eigenvalue weighted by molar-refractivity contribution is 7.98. The second-order valence-corrected chi connectivity index (χ2v) is 9.85. The molecule has 0 radical (unpaired) electrons. The van der Waals surface area contributed by atoms with Gasteiger partial charge in [0.25, 0.3) is 0 Å².